The van der Waals surface area contributed by atoms with Crippen molar-refractivity contribution in [3.05, 3.63) is 29.8 Å². The van der Waals surface area contributed by atoms with Gasteiger partial charge in [0.25, 0.3) is 0 Å². The second-order valence-electron chi connectivity index (χ2n) is 5.86. The first-order valence-electron chi connectivity index (χ1n) is 7.28. The van der Waals surface area contributed by atoms with Crippen LogP contribution in [0.3, 0.4) is 0 Å². The van der Waals surface area contributed by atoms with E-state index in [4.69, 9.17) is 0 Å². The van der Waals surface area contributed by atoms with E-state index in [-0.39, 0.29) is 0 Å². The number of hydrogen-bond donors (Lipinski definition) is 1. The summed E-state index contributed by atoms with van der Waals surface area (Å²) in [5.41, 5.74) is 2.19. The highest BCUT2D eigenvalue weighted by molar-refractivity contribution is 7.99. The van der Waals surface area contributed by atoms with Gasteiger partial charge in [0.2, 0.25) is 0 Å². The highest BCUT2D eigenvalue weighted by atomic mass is 32.2. The van der Waals surface area contributed by atoms with Crippen LogP contribution in [0.4, 0.5) is 0 Å². The molecule has 1 N–H and O–H groups in total. The monoisotopic (exact) mass is 261 g/mol. The smallest absolute Gasteiger partial charge is 0.0339 e. The Labute approximate surface area is 115 Å². The lowest BCUT2D eigenvalue weighted by atomic mass is 9.98. The van der Waals surface area contributed by atoms with Crippen molar-refractivity contribution in [2.75, 3.05) is 12.3 Å². The Morgan fingerprint density at radius 2 is 2.17 bits per heavy atom. The molecular weight excluding hydrogens is 238 g/mol. The summed E-state index contributed by atoms with van der Waals surface area (Å²) in [6.45, 7) is 3.54. The van der Waals surface area contributed by atoms with E-state index in [0.717, 1.165) is 0 Å². The van der Waals surface area contributed by atoms with Gasteiger partial charge in [-0.3, -0.25) is 0 Å². The zero-order chi connectivity index (χ0) is 12.4. The fourth-order valence-corrected chi connectivity index (χ4v) is 4.24. The lowest BCUT2D eigenvalue weighted by molar-refractivity contribution is 0.381. The number of nitrogens with one attached hydrogen (secondary N) is 1. The van der Waals surface area contributed by atoms with Crippen LogP contribution in [0.1, 0.15) is 50.6 Å². The SMILES string of the molecule is CCCC1(CNC2CCSc3ccccc32)CC1. The highest BCUT2D eigenvalue weighted by Gasteiger charge is 2.41. The van der Waals surface area contributed by atoms with E-state index in [1.807, 2.05) is 11.8 Å². The average molecular weight is 261 g/mol. The maximum atomic E-state index is 3.85. The summed E-state index contributed by atoms with van der Waals surface area (Å²) in [4.78, 5) is 1.49. The first kappa shape index (κ1) is 12.6. The first-order chi connectivity index (χ1) is 8.83. The van der Waals surface area contributed by atoms with Crippen LogP contribution in [0, 0.1) is 5.41 Å². The van der Waals surface area contributed by atoms with E-state index in [9.17, 15) is 0 Å². The number of benzene rings is 1. The fraction of sp³-hybridized carbons (Fsp3) is 0.625. The molecule has 1 unspecified atom stereocenters. The number of fused-ring (bicyclic) bond motifs is 1. The van der Waals surface area contributed by atoms with E-state index in [0.29, 0.717) is 11.5 Å². The second kappa shape index (κ2) is 5.26. The third kappa shape index (κ3) is 2.60. The zero-order valence-corrected chi connectivity index (χ0v) is 12.1. The van der Waals surface area contributed by atoms with Crippen molar-refractivity contribution in [3.63, 3.8) is 0 Å². The van der Waals surface area contributed by atoms with Gasteiger partial charge in [-0.25, -0.2) is 0 Å². The van der Waals surface area contributed by atoms with E-state index in [2.05, 4.69) is 36.5 Å². The summed E-state index contributed by atoms with van der Waals surface area (Å²) in [5.74, 6) is 1.26. The number of rotatable bonds is 5. The average Bonchev–Trinajstić information content (AvgIpc) is 3.17. The van der Waals surface area contributed by atoms with Gasteiger partial charge >= 0.3 is 0 Å². The molecule has 0 spiro atoms. The van der Waals surface area contributed by atoms with Gasteiger partial charge in [0.05, 0.1) is 0 Å². The highest BCUT2D eigenvalue weighted by Crippen LogP contribution is 2.49. The molecule has 0 bridgehead atoms. The molecule has 1 fully saturated rings. The molecule has 1 aromatic carbocycles. The van der Waals surface area contributed by atoms with E-state index >= 15 is 0 Å². The molecule has 1 aliphatic carbocycles. The summed E-state index contributed by atoms with van der Waals surface area (Å²) < 4.78 is 0. The zero-order valence-electron chi connectivity index (χ0n) is 11.2. The van der Waals surface area contributed by atoms with Crippen molar-refractivity contribution in [2.24, 2.45) is 5.41 Å². The van der Waals surface area contributed by atoms with Crippen molar-refractivity contribution in [1.82, 2.24) is 5.32 Å². The molecule has 1 atom stereocenters. The van der Waals surface area contributed by atoms with Crippen molar-refractivity contribution in [2.45, 2.75) is 50.0 Å². The van der Waals surface area contributed by atoms with Crippen LogP contribution < -0.4 is 5.32 Å². The van der Waals surface area contributed by atoms with E-state index in [1.54, 1.807) is 0 Å². The molecule has 1 aromatic rings. The molecule has 0 radical (unpaired) electrons. The Balaban J connectivity index is 1.64. The second-order valence-corrected chi connectivity index (χ2v) is 7.00. The van der Waals surface area contributed by atoms with Crippen LogP contribution in [0.15, 0.2) is 29.2 Å². The van der Waals surface area contributed by atoms with Crippen LogP contribution in [-0.4, -0.2) is 12.3 Å². The minimum absolute atomic E-state index is 0.594. The molecule has 2 heteroatoms. The summed E-state index contributed by atoms with van der Waals surface area (Å²) >= 11 is 2.01. The van der Waals surface area contributed by atoms with Crippen LogP contribution in [-0.2, 0) is 0 Å². The molecule has 0 amide bonds. The number of thioether (sulfide) groups is 1. The fourth-order valence-electron chi connectivity index (χ4n) is 3.12. The summed E-state index contributed by atoms with van der Waals surface area (Å²) in [6.07, 6.45) is 6.90. The molecule has 0 saturated heterocycles. The third-order valence-corrected chi connectivity index (χ3v) is 5.54. The topological polar surface area (TPSA) is 12.0 Å². The predicted molar refractivity (Wildman–Crippen MR) is 79.1 cm³/mol. The molecule has 1 nitrogen and oxygen atoms in total. The van der Waals surface area contributed by atoms with Gasteiger partial charge in [0, 0.05) is 17.5 Å². The summed E-state index contributed by atoms with van der Waals surface area (Å²) in [6, 6.07) is 9.51. The standard InChI is InChI=1S/C16H23NS/c1-2-8-16(9-10-16)12-17-14-7-11-18-15-6-4-3-5-13(14)15/h3-6,14,17H,2,7-12H2,1H3. The summed E-state index contributed by atoms with van der Waals surface area (Å²) in [5, 5.41) is 3.85. The molecule has 1 heterocycles. The number of hydrogen-bond acceptors (Lipinski definition) is 2. The maximum Gasteiger partial charge on any atom is 0.0339 e. The lowest BCUT2D eigenvalue weighted by Gasteiger charge is -2.28. The molecule has 3 rings (SSSR count). The van der Waals surface area contributed by atoms with Gasteiger partial charge in [0.15, 0.2) is 0 Å². The van der Waals surface area contributed by atoms with Gasteiger partial charge in [-0.2, -0.15) is 0 Å². The molecule has 98 valence electrons. The molecule has 1 saturated carbocycles. The van der Waals surface area contributed by atoms with Crippen molar-refractivity contribution in [1.29, 1.82) is 0 Å². The molecule has 2 aliphatic rings. The quantitative estimate of drug-likeness (QED) is 0.843. The minimum Gasteiger partial charge on any atom is -0.309 e. The van der Waals surface area contributed by atoms with Crippen LogP contribution >= 0.6 is 11.8 Å². The minimum atomic E-state index is 0.594. The first-order valence-corrected chi connectivity index (χ1v) is 8.27. The lowest BCUT2D eigenvalue weighted by Crippen LogP contribution is -2.30. The van der Waals surface area contributed by atoms with Gasteiger partial charge in [-0.1, -0.05) is 31.5 Å². The molecular formula is C16H23NS. The van der Waals surface area contributed by atoms with Gasteiger partial charge in [0.1, 0.15) is 0 Å². The molecule has 18 heavy (non-hydrogen) atoms. The van der Waals surface area contributed by atoms with Gasteiger partial charge in [-0.05, 0) is 48.5 Å². The maximum absolute atomic E-state index is 3.85. The Hall–Kier alpha value is -0.470. The molecule has 0 aromatic heterocycles. The van der Waals surface area contributed by atoms with Crippen molar-refractivity contribution >= 4 is 11.8 Å². The predicted octanol–water partition coefficient (Wildman–Crippen LogP) is 4.39. The van der Waals surface area contributed by atoms with Crippen LogP contribution in [0.2, 0.25) is 0 Å². The summed E-state index contributed by atoms with van der Waals surface area (Å²) in [7, 11) is 0. The van der Waals surface area contributed by atoms with Crippen LogP contribution in [0.5, 0.6) is 0 Å². The largest absolute Gasteiger partial charge is 0.309 e. The van der Waals surface area contributed by atoms with E-state index < -0.39 is 0 Å². The Morgan fingerprint density at radius 1 is 1.33 bits per heavy atom. The van der Waals surface area contributed by atoms with Crippen LogP contribution in [0.25, 0.3) is 0 Å². The van der Waals surface area contributed by atoms with Gasteiger partial charge in [-0.15, -0.1) is 11.8 Å². The Kier molecular flexibility index (Phi) is 3.67. The third-order valence-electron chi connectivity index (χ3n) is 4.42. The van der Waals surface area contributed by atoms with Crippen molar-refractivity contribution in [3.8, 4) is 0 Å². The Bertz CT molecular complexity index is 411. The van der Waals surface area contributed by atoms with Gasteiger partial charge < -0.3 is 5.32 Å². The normalized spacial score (nSPS) is 24.6. The Morgan fingerprint density at radius 3 is 2.94 bits per heavy atom. The van der Waals surface area contributed by atoms with E-state index in [1.165, 1.54) is 54.9 Å². The van der Waals surface area contributed by atoms with Crippen molar-refractivity contribution < 1.29 is 0 Å². The molecule has 1 aliphatic heterocycles.